The fourth-order valence-corrected chi connectivity index (χ4v) is 3.31. The molecule has 0 aromatic carbocycles. The molecule has 0 atom stereocenters. The summed E-state index contributed by atoms with van der Waals surface area (Å²) in [6, 6.07) is 0. The molecule has 0 unspecified atom stereocenters. The Morgan fingerprint density at radius 3 is 2.21 bits per heavy atom. The molecule has 3 nitrogen and oxygen atoms in total. The van der Waals surface area contributed by atoms with Crippen molar-refractivity contribution in [2.75, 3.05) is 19.8 Å². The Morgan fingerprint density at radius 2 is 1.64 bits per heavy atom. The van der Waals surface area contributed by atoms with E-state index in [1.807, 2.05) is 0 Å². The van der Waals surface area contributed by atoms with Crippen LogP contribution in [0.5, 0.6) is 0 Å². The molecule has 0 aromatic heterocycles. The third-order valence-electron chi connectivity index (χ3n) is 2.99. The Bertz CT molecular complexity index is 164. The molecule has 0 aromatic rings. The minimum Gasteiger partial charge on any atom is -0.311 e. The van der Waals surface area contributed by atoms with Gasteiger partial charge in [0, 0.05) is 5.41 Å². The lowest BCUT2D eigenvalue weighted by Gasteiger charge is -2.44. The summed E-state index contributed by atoms with van der Waals surface area (Å²) in [4.78, 5) is 0. The molecule has 0 N–H and O–H groups in total. The molecule has 14 heavy (non-hydrogen) atoms. The molecular formula is C10H19O3P. The average molecular weight is 218 g/mol. The van der Waals surface area contributed by atoms with Crippen LogP contribution in [-0.4, -0.2) is 19.8 Å². The zero-order valence-electron chi connectivity index (χ0n) is 8.83. The average Bonchev–Trinajstić information content (AvgIpc) is 2.27. The predicted molar refractivity (Wildman–Crippen MR) is 56.0 cm³/mol. The highest BCUT2D eigenvalue weighted by Crippen LogP contribution is 2.54. The third kappa shape index (κ3) is 2.46. The Labute approximate surface area is 87.1 Å². The van der Waals surface area contributed by atoms with E-state index in [-0.39, 0.29) is 5.41 Å². The van der Waals surface area contributed by atoms with Crippen LogP contribution >= 0.6 is 8.60 Å². The van der Waals surface area contributed by atoms with E-state index in [4.69, 9.17) is 13.6 Å². The lowest BCUT2D eigenvalue weighted by molar-refractivity contribution is -0.0778. The molecule has 3 rings (SSSR count). The van der Waals surface area contributed by atoms with Crippen molar-refractivity contribution in [1.82, 2.24) is 0 Å². The van der Waals surface area contributed by atoms with Gasteiger partial charge < -0.3 is 13.6 Å². The Kier molecular flexibility index (Phi) is 3.78. The maximum atomic E-state index is 5.46. The molecule has 2 bridgehead atoms. The first-order valence-electron chi connectivity index (χ1n) is 5.54. The van der Waals surface area contributed by atoms with E-state index in [9.17, 15) is 0 Å². The molecule has 82 valence electrons. The topological polar surface area (TPSA) is 27.7 Å². The normalized spacial score (nSPS) is 36.2. The molecule has 3 aliphatic heterocycles. The van der Waals surface area contributed by atoms with Gasteiger partial charge in [0.05, 0.1) is 19.8 Å². The fourth-order valence-electron chi connectivity index (χ4n) is 1.95. The van der Waals surface area contributed by atoms with Crippen molar-refractivity contribution in [2.45, 2.75) is 39.0 Å². The Morgan fingerprint density at radius 1 is 1.00 bits per heavy atom. The minimum absolute atomic E-state index is 0.185. The van der Waals surface area contributed by atoms with Crippen molar-refractivity contribution in [3.63, 3.8) is 0 Å². The molecule has 0 amide bonds. The zero-order chi connectivity index (χ0) is 9.86. The van der Waals surface area contributed by atoms with Crippen LogP contribution in [0.15, 0.2) is 0 Å². The lowest BCUT2D eigenvalue weighted by atomic mass is 9.85. The number of hydrogen-bond acceptors (Lipinski definition) is 3. The third-order valence-corrected chi connectivity index (χ3v) is 4.01. The van der Waals surface area contributed by atoms with Gasteiger partial charge in [-0.2, -0.15) is 0 Å². The monoisotopic (exact) mass is 218 g/mol. The highest BCUT2D eigenvalue weighted by molar-refractivity contribution is 7.41. The van der Waals surface area contributed by atoms with Crippen LogP contribution in [0, 0.1) is 5.41 Å². The van der Waals surface area contributed by atoms with Crippen LogP contribution < -0.4 is 0 Å². The van der Waals surface area contributed by atoms with E-state index in [0.29, 0.717) is 0 Å². The van der Waals surface area contributed by atoms with E-state index >= 15 is 0 Å². The summed E-state index contributed by atoms with van der Waals surface area (Å²) in [6.45, 7) is 4.79. The number of unbranched alkanes of at least 4 members (excludes halogenated alkanes) is 3. The van der Waals surface area contributed by atoms with Crippen molar-refractivity contribution in [3.8, 4) is 0 Å². The summed E-state index contributed by atoms with van der Waals surface area (Å²) in [7, 11) is -0.957. The van der Waals surface area contributed by atoms with Gasteiger partial charge in [-0.15, -0.1) is 0 Å². The van der Waals surface area contributed by atoms with Gasteiger partial charge in [-0.1, -0.05) is 32.6 Å². The smallest absolute Gasteiger partial charge is 0.311 e. The number of hydrogen-bond donors (Lipinski definition) is 0. The van der Waals surface area contributed by atoms with Crippen molar-refractivity contribution in [3.05, 3.63) is 0 Å². The van der Waals surface area contributed by atoms with Gasteiger partial charge in [0.15, 0.2) is 0 Å². The summed E-state index contributed by atoms with van der Waals surface area (Å²) in [5.74, 6) is 0. The first-order valence-corrected chi connectivity index (χ1v) is 6.63. The second kappa shape index (κ2) is 4.89. The molecule has 3 aliphatic rings. The van der Waals surface area contributed by atoms with Crippen LogP contribution in [0.25, 0.3) is 0 Å². The Balaban J connectivity index is 1.72. The highest BCUT2D eigenvalue weighted by Gasteiger charge is 2.43. The van der Waals surface area contributed by atoms with Crippen LogP contribution in [0.4, 0.5) is 0 Å². The molecule has 4 heteroatoms. The minimum atomic E-state index is -0.957. The molecule has 3 heterocycles. The summed E-state index contributed by atoms with van der Waals surface area (Å²) in [5.41, 5.74) is 0.185. The standard InChI is InChI=1S/C10H19O3P/c1-2-3-4-5-6-10-7-11-14(12-8-10)13-9-10/h2-9H2,1H3. The second-order valence-electron chi connectivity index (χ2n) is 4.35. The first kappa shape index (κ1) is 10.8. The van der Waals surface area contributed by atoms with E-state index in [1.54, 1.807) is 0 Å². The molecular weight excluding hydrogens is 199 g/mol. The molecule has 3 saturated heterocycles. The summed E-state index contributed by atoms with van der Waals surface area (Å²) < 4.78 is 16.4. The number of fused-ring (bicyclic) bond motifs is 3. The van der Waals surface area contributed by atoms with E-state index in [0.717, 1.165) is 19.8 Å². The Hall–Kier alpha value is 0.310. The van der Waals surface area contributed by atoms with Gasteiger partial charge in [-0.25, -0.2) is 0 Å². The maximum Gasteiger partial charge on any atom is 0.332 e. The van der Waals surface area contributed by atoms with E-state index in [2.05, 4.69) is 6.92 Å². The quantitative estimate of drug-likeness (QED) is 0.523. The highest BCUT2D eigenvalue weighted by atomic mass is 31.2. The molecule has 0 spiro atoms. The van der Waals surface area contributed by atoms with Crippen LogP contribution in [-0.2, 0) is 13.6 Å². The van der Waals surface area contributed by atoms with Gasteiger partial charge in [-0.3, -0.25) is 0 Å². The summed E-state index contributed by atoms with van der Waals surface area (Å²) in [5, 5.41) is 0. The van der Waals surface area contributed by atoms with Gasteiger partial charge >= 0.3 is 8.60 Å². The summed E-state index contributed by atoms with van der Waals surface area (Å²) in [6.07, 6.45) is 6.43. The van der Waals surface area contributed by atoms with Crippen LogP contribution in [0.1, 0.15) is 39.0 Å². The van der Waals surface area contributed by atoms with Crippen molar-refractivity contribution in [2.24, 2.45) is 5.41 Å². The zero-order valence-corrected chi connectivity index (χ0v) is 9.72. The van der Waals surface area contributed by atoms with Crippen LogP contribution in [0.2, 0.25) is 0 Å². The molecule has 0 saturated carbocycles. The largest absolute Gasteiger partial charge is 0.332 e. The first-order chi connectivity index (χ1) is 6.85. The fraction of sp³-hybridized carbons (Fsp3) is 1.00. The van der Waals surface area contributed by atoms with Gasteiger partial charge in [-0.05, 0) is 6.42 Å². The predicted octanol–water partition coefficient (Wildman–Crippen LogP) is 3.25. The summed E-state index contributed by atoms with van der Waals surface area (Å²) >= 11 is 0. The van der Waals surface area contributed by atoms with E-state index in [1.165, 1.54) is 32.1 Å². The van der Waals surface area contributed by atoms with E-state index < -0.39 is 8.60 Å². The van der Waals surface area contributed by atoms with Crippen molar-refractivity contribution < 1.29 is 13.6 Å². The number of rotatable bonds is 5. The molecule has 3 fully saturated rings. The molecule has 0 radical (unpaired) electrons. The van der Waals surface area contributed by atoms with Crippen molar-refractivity contribution in [1.29, 1.82) is 0 Å². The lowest BCUT2D eigenvalue weighted by Crippen LogP contribution is -2.43. The maximum absolute atomic E-state index is 5.46. The van der Waals surface area contributed by atoms with Gasteiger partial charge in [0.1, 0.15) is 0 Å². The second-order valence-corrected chi connectivity index (χ2v) is 5.58. The van der Waals surface area contributed by atoms with Gasteiger partial charge in [0.25, 0.3) is 0 Å². The van der Waals surface area contributed by atoms with Gasteiger partial charge in [0.2, 0.25) is 0 Å². The molecule has 0 aliphatic carbocycles. The van der Waals surface area contributed by atoms with Crippen LogP contribution in [0.3, 0.4) is 0 Å². The van der Waals surface area contributed by atoms with Crippen molar-refractivity contribution >= 4 is 8.60 Å². The SMILES string of the molecule is CCCCCCC12COP(OC1)OC2.